The van der Waals surface area contributed by atoms with Gasteiger partial charge in [-0.15, -0.1) is 0 Å². The van der Waals surface area contributed by atoms with Crippen molar-refractivity contribution in [3.63, 3.8) is 0 Å². The Balaban J connectivity index is 1.93. The minimum atomic E-state index is -3.65. The zero-order valence-corrected chi connectivity index (χ0v) is 16.9. The lowest BCUT2D eigenvalue weighted by Crippen LogP contribution is -2.38. The van der Waals surface area contributed by atoms with Crippen LogP contribution in [0.15, 0.2) is 52.4 Å². The third kappa shape index (κ3) is 6.69. The average Bonchev–Trinajstić information content (AvgIpc) is 2.60. The quantitative estimate of drug-likeness (QED) is 0.501. The number of guanidine groups is 1. The van der Waals surface area contributed by atoms with Crippen molar-refractivity contribution in [2.24, 2.45) is 10.1 Å². The highest BCUT2D eigenvalue weighted by molar-refractivity contribution is 7.89. The topological polar surface area (TPSA) is 96.6 Å². The van der Waals surface area contributed by atoms with Crippen molar-refractivity contribution in [2.75, 3.05) is 13.1 Å². The van der Waals surface area contributed by atoms with E-state index in [0.29, 0.717) is 13.1 Å². The molecule has 146 valence electrons. The van der Waals surface area contributed by atoms with Gasteiger partial charge in [0.1, 0.15) is 0 Å². The smallest absolute Gasteiger partial charge is 0.238 e. The Morgan fingerprint density at radius 2 is 1.78 bits per heavy atom. The fourth-order valence-electron chi connectivity index (χ4n) is 2.70. The molecule has 0 aliphatic rings. The van der Waals surface area contributed by atoms with E-state index < -0.39 is 10.0 Å². The van der Waals surface area contributed by atoms with E-state index in [-0.39, 0.29) is 4.90 Å². The van der Waals surface area contributed by atoms with Crippen molar-refractivity contribution >= 4 is 16.0 Å². The van der Waals surface area contributed by atoms with Crippen LogP contribution in [0.1, 0.15) is 29.2 Å². The Bertz CT molecular complexity index is 891. The predicted molar refractivity (Wildman–Crippen MR) is 110 cm³/mol. The summed E-state index contributed by atoms with van der Waals surface area (Å²) in [6.07, 6.45) is 0.749. The Labute approximate surface area is 162 Å². The van der Waals surface area contributed by atoms with Crippen LogP contribution in [0, 0.1) is 13.8 Å². The van der Waals surface area contributed by atoms with E-state index >= 15 is 0 Å². The number of aryl methyl sites for hydroxylation is 2. The lowest BCUT2D eigenvalue weighted by Gasteiger charge is -2.12. The lowest BCUT2D eigenvalue weighted by molar-refractivity contribution is 0.598. The van der Waals surface area contributed by atoms with Crippen molar-refractivity contribution in [3.05, 3.63) is 64.7 Å². The Morgan fingerprint density at radius 1 is 1.07 bits per heavy atom. The SMILES string of the molecule is CCNC(=NCc1ccc(C)cc1C)NCCc1ccc(S(N)(=O)=O)cc1. The van der Waals surface area contributed by atoms with Crippen LogP contribution in [0.4, 0.5) is 0 Å². The zero-order chi connectivity index (χ0) is 19.9. The number of sulfonamides is 1. The van der Waals surface area contributed by atoms with Crippen molar-refractivity contribution in [2.45, 2.75) is 38.6 Å². The van der Waals surface area contributed by atoms with Crippen LogP contribution in [0.25, 0.3) is 0 Å². The highest BCUT2D eigenvalue weighted by Crippen LogP contribution is 2.11. The molecule has 0 saturated heterocycles. The summed E-state index contributed by atoms with van der Waals surface area (Å²) < 4.78 is 22.6. The number of rotatable bonds is 7. The summed E-state index contributed by atoms with van der Waals surface area (Å²) in [5.74, 6) is 0.763. The van der Waals surface area contributed by atoms with Gasteiger partial charge in [0.2, 0.25) is 10.0 Å². The highest BCUT2D eigenvalue weighted by Gasteiger charge is 2.06. The van der Waals surface area contributed by atoms with Crippen LogP contribution in [-0.2, 0) is 23.0 Å². The molecule has 0 heterocycles. The van der Waals surface area contributed by atoms with Crippen molar-refractivity contribution in [1.29, 1.82) is 0 Å². The van der Waals surface area contributed by atoms with Crippen molar-refractivity contribution < 1.29 is 8.42 Å². The summed E-state index contributed by atoms with van der Waals surface area (Å²) >= 11 is 0. The second-order valence-electron chi connectivity index (χ2n) is 6.49. The number of aliphatic imine (C=N–C) groups is 1. The molecular weight excluding hydrogens is 360 g/mol. The standard InChI is InChI=1S/C20H28N4O2S/c1-4-22-20(24-14-18-8-5-15(2)13-16(18)3)23-12-11-17-6-9-19(10-7-17)27(21,25)26/h5-10,13H,4,11-12,14H2,1-3H3,(H2,21,25,26)(H2,22,23,24). The third-order valence-electron chi connectivity index (χ3n) is 4.21. The molecular formula is C20H28N4O2S. The largest absolute Gasteiger partial charge is 0.357 e. The summed E-state index contributed by atoms with van der Waals surface area (Å²) in [7, 11) is -3.65. The van der Waals surface area contributed by atoms with Crippen LogP contribution >= 0.6 is 0 Å². The van der Waals surface area contributed by atoms with Gasteiger partial charge in [0.25, 0.3) is 0 Å². The molecule has 0 radical (unpaired) electrons. The first-order valence-electron chi connectivity index (χ1n) is 8.99. The van der Waals surface area contributed by atoms with E-state index in [1.807, 2.05) is 6.92 Å². The Kier molecular flexibility index (Phi) is 7.38. The Hall–Kier alpha value is -2.38. The van der Waals surface area contributed by atoms with Gasteiger partial charge in [-0.3, -0.25) is 0 Å². The Morgan fingerprint density at radius 3 is 2.37 bits per heavy atom. The number of nitrogens with two attached hydrogens (primary N) is 1. The van der Waals surface area contributed by atoms with Gasteiger partial charge in [0.15, 0.2) is 5.96 Å². The number of hydrogen-bond donors (Lipinski definition) is 3. The maximum absolute atomic E-state index is 11.3. The minimum absolute atomic E-state index is 0.127. The van der Waals surface area contributed by atoms with E-state index in [4.69, 9.17) is 5.14 Å². The second-order valence-corrected chi connectivity index (χ2v) is 8.05. The van der Waals surface area contributed by atoms with Crippen molar-refractivity contribution in [3.8, 4) is 0 Å². The van der Waals surface area contributed by atoms with E-state index in [1.54, 1.807) is 12.1 Å². The van der Waals surface area contributed by atoms with Crippen LogP contribution in [0.2, 0.25) is 0 Å². The fourth-order valence-corrected chi connectivity index (χ4v) is 3.22. The summed E-state index contributed by atoms with van der Waals surface area (Å²) in [5.41, 5.74) is 4.72. The summed E-state index contributed by atoms with van der Waals surface area (Å²) in [4.78, 5) is 4.78. The van der Waals surface area contributed by atoms with Gasteiger partial charge in [0, 0.05) is 13.1 Å². The number of primary sulfonamides is 1. The molecule has 0 aromatic heterocycles. The first-order chi connectivity index (χ1) is 12.8. The molecule has 0 unspecified atom stereocenters. The second kappa shape index (κ2) is 9.53. The first kappa shape index (κ1) is 20.9. The molecule has 2 rings (SSSR count). The minimum Gasteiger partial charge on any atom is -0.357 e. The molecule has 0 amide bonds. The molecule has 7 heteroatoms. The van der Waals surface area contributed by atoms with Gasteiger partial charge >= 0.3 is 0 Å². The van der Waals surface area contributed by atoms with Gasteiger partial charge in [-0.05, 0) is 56.0 Å². The molecule has 4 N–H and O–H groups in total. The molecule has 0 bridgehead atoms. The highest BCUT2D eigenvalue weighted by atomic mass is 32.2. The maximum atomic E-state index is 11.3. The van der Waals surface area contributed by atoms with Gasteiger partial charge in [0.05, 0.1) is 11.4 Å². The fraction of sp³-hybridized carbons (Fsp3) is 0.350. The first-order valence-corrected chi connectivity index (χ1v) is 10.5. The van der Waals surface area contributed by atoms with E-state index in [9.17, 15) is 8.42 Å². The van der Waals surface area contributed by atoms with Gasteiger partial charge in [-0.2, -0.15) is 0 Å². The van der Waals surface area contributed by atoms with Crippen molar-refractivity contribution in [1.82, 2.24) is 10.6 Å². The predicted octanol–water partition coefficient (Wildman–Crippen LogP) is 2.25. The van der Waals surface area contributed by atoms with E-state index in [0.717, 1.165) is 24.5 Å². The monoisotopic (exact) mass is 388 g/mol. The molecule has 0 spiro atoms. The number of benzene rings is 2. The van der Waals surface area contributed by atoms with Gasteiger partial charge in [-0.25, -0.2) is 18.5 Å². The number of nitrogens with zero attached hydrogens (tertiary/aromatic N) is 1. The molecule has 2 aromatic carbocycles. The molecule has 2 aromatic rings. The third-order valence-corrected chi connectivity index (χ3v) is 5.14. The normalized spacial score (nSPS) is 12.1. The summed E-state index contributed by atoms with van der Waals surface area (Å²) in [6.45, 7) is 8.30. The van der Waals surface area contributed by atoms with Crippen LogP contribution < -0.4 is 15.8 Å². The molecule has 0 saturated carbocycles. The van der Waals surface area contributed by atoms with E-state index in [1.165, 1.54) is 28.8 Å². The molecule has 6 nitrogen and oxygen atoms in total. The average molecular weight is 389 g/mol. The number of hydrogen-bond acceptors (Lipinski definition) is 3. The molecule has 0 atom stereocenters. The lowest BCUT2D eigenvalue weighted by atomic mass is 10.1. The summed E-state index contributed by atoms with van der Waals surface area (Å²) in [6, 6.07) is 13.0. The molecule has 27 heavy (non-hydrogen) atoms. The van der Waals surface area contributed by atoms with Crippen LogP contribution in [0.3, 0.4) is 0 Å². The summed E-state index contributed by atoms with van der Waals surface area (Å²) in [5, 5.41) is 11.7. The maximum Gasteiger partial charge on any atom is 0.238 e. The molecule has 0 aliphatic heterocycles. The van der Waals surface area contributed by atoms with Gasteiger partial charge in [-0.1, -0.05) is 35.9 Å². The van der Waals surface area contributed by atoms with Crippen LogP contribution in [0.5, 0.6) is 0 Å². The van der Waals surface area contributed by atoms with Crippen LogP contribution in [-0.4, -0.2) is 27.5 Å². The molecule has 0 fully saturated rings. The molecule has 0 aliphatic carbocycles. The zero-order valence-electron chi connectivity index (χ0n) is 16.1. The van der Waals surface area contributed by atoms with E-state index in [2.05, 4.69) is 47.7 Å². The number of nitrogens with one attached hydrogen (secondary N) is 2. The van der Waals surface area contributed by atoms with Gasteiger partial charge < -0.3 is 10.6 Å².